The number of nitrogens with one attached hydrogen (secondary N) is 2. The molecule has 1 heterocycles. The van der Waals surface area contributed by atoms with Crippen LogP contribution in [0.5, 0.6) is 0 Å². The summed E-state index contributed by atoms with van der Waals surface area (Å²) in [6.07, 6.45) is 4.00. The molecule has 1 aliphatic heterocycles. The van der Waals surface area contributed by atoms with Crippen LogP contribution in [-0.2, 0) is 0 Å². The van der Waals surface area contributed by atoms with E-state index >= 15 is 0 Å². The summed E-state index contributed by atoms with van der Waals surface area (Å²) in [7, 11) is 0. The van der Waals surface area contributed by atoms with E-state index in [0.29, 0.717) is 23.8 Å². The van der Waals surface area contributed by atoms with Gasteiger partial charge in [-0.1, -0.05) is 62.4 Å². The Hall–Kier alpha value is -3.07. The second kappa shape index (κ2) is 8.30. The Morgan fingerprint density at radius 1 is 0.971 bits per heavy atom. The van der Waals surface area contributed by atoms with Gasteiger partial charge in [0, 0.05) is 16.9 Å². The van der Waals surface area contributed by atoms with E-state index in [-0.39, 0.29) is 5.91 Å². The smallest absolute Gasteiger partial charge is 0.255 e. The summed E-state index contributed by atoms with van der Waals surface area (Å²) in [4.78, 5) is 13.4. The van der Waals surface area contributed by atoms with Crippen LogP contribution in [0.1, 0.15) is 83.6 Å². The predicted octanol–water partition coefficient (Wildman–Crippen LogP) is 7.67. The summed E-state index contributed by atoms with van der Waals surface area (Å²) in [5.41, 5.74) is 7.96. The molecule has 174 valence electrons. The highest BCUT2D eigenvalue weighted by Gasteiger charge is 2.53. The molecular weight excluding hydrogens is 416 g/mol. The van der Waals surface area contributed by atoms with Crippen molar-refractivity contribution in [2.24, 2.45) is 17.8 Å². The SMILES string of the molecule is Cc1cccc(C(C)C)c1NC(=O)c1ccc2c(c1)C1C3CCC(C3)C1C(c1ccccc1)N2. The number of rotatable bonds is 4. The number of carbonyl (C=O) groups is 1. The van der Waals surface area contributed by atoms with Gasteiger partial charge in [0.15, 0.2) is 0 Å². The van der Waals surface area contributed by atoms with E-state index in [2.05, 4.69) is 92.1 Å². The lowest BCUT2D eigenvalue weighted by molar-refractivity contribution is 0.102. The fourth-order valence-electron chi connectivity index (χ4n) is 7.15. The first kappa shape index (κ1) is 21.5. The van der Waals surface area contributed by atoms with Crippen molar-refractivity contribution in [2.75, 3.05) is 10.6 Å². The number of hydrogen-bond acceptors (Lipinski definition) is 2. The highest BCUT2D eigenvalue weighted by atomic mass is 16.1. The molecule has 2 saturated carbocycles. The molecule has 34 heavy (non-hydrogen) atoms. The average molecular weight is 451 g/mol. The minimum Gasteiger partial charge on any atom is -0.378 e. The van der Waals surface area contributed by atoms with Gasteiger partial charge in [0.25, 0.3) is 5.91 Å². The molecule has 2 fully saturated rings. The average Bonchev–Trinajstić information content (AvgIpc) is 3.48. The third kappa shape index (κ3) is 3.45. The zero-order chi connectivity index (χ0) is 23.4. The molecule has 3 nitrogen and oxygen atoms in total. The van der Waals surface area contributed by atoms with Crippen LogP contribution in [0.25, 0.3) is 0 Å². The Balaban J connectivity index is 1.35. The highest BCUT2D eigenvalue weighted by Crippen LogP contribution is 2.63. The van der Waals surface area contributed by atoms with E-state index in [1.165, 1.54) is 41.6 Å². The van der Waals surface area contributed by atoms with Crippen molar-refractivity contribution in [1.29, 1.82) is 0 Å². The van der Waals surface area contributed by atoms with Crippen LogP contribution in [0.4, 0.5) is 11.4 Å². The van der Waals surface area contributed by atoms with E-state index in [9.17, 15) is 4.79 Å². The Kier molecular flexibility index (Phi) is 5.24. The fourth-order valence-corrected chi connectivity index (χ4v) is 7.15. The van der Waals surface area contributed by atoms with Gasteiger partial charge < -0.3 is 10.6 Å². The molecule has 1 amide bonds. The minimum atomic E-state index is -0.0103. The van der Waals surface area contributed by atoms with Crippen LogP contribution in [0, 0.1) is 24.7 Å². The van der Waals surface area contributed by atoms with Gasteiger partial charge in [0.2, 0.25) is 0 Å². The van der Waals surface area contributed by atoms with Gasteiger partial charge in [-0.15, -0.1) is 0 Å². The zero-order valence-electron chi connectivity index (χ0n) is 20.3. The van der Waals surface area contributed by atoms with Crippen molar-refractivity contribution in [3.63, 3.8) is 0 Å². The normalized spacial score (nSPS) is 26.6. The molecule has 2 N–H and O–H groups in total. The highest BCUT2D eigenvalue weighted by molar-refractivity contribution is 6.05. The molecule has 0 aromatic heterocycles. The molecule has 3 aromatic carbocycles. The summed E-state index contributed by atoms with van der Waals surface area (Å²) < 4.78 is 0. The summed E-state index contributed by atoms with van der Waals surface area (Å²) >= 11 is 0. The lowest BCUT2D eigenvalue weighted by Gasteiger charge is -2.43. The van der Waals surface area contributed by atoms with Crippen LogP contribution < -0.4 is 10.6 Å². The molecule has 3 aliphatic rings. The number of amides is 1. The van der Waals surface area contributed by atoms with E-state index < -0.39 is 0 Å². The van der Waals surface area contributed by atoms with E-state index in [0.717, 1.165) is 28.7 Å². The molecule has 3 aromatic rings. The standard InChI is InChI=1S/C31H34N2O/c1-18(2)24-11-7-8-19(3)29(24)33-31(34)23-14-15-26-25(17-23)27-21-12-13-22(16-21)28(27)30(32-26)20-9-5-4-6-10-20/h4-11,14-15,17-18,21-22,27-28,30,32H,12-13,16H2,1-3H3,(H,33,34). The van der Waals surface area contributed by atoms with E-state index in [1.54, 1.807) is 0 Å². The molecule has 6 rings (SSSR count). The van der Waals surface area contributed by atoms with Crippen LogP contribution in [0.3, 0.4) is 0 Å². The van der Waals surface area contributed by atoms with Crippen molar-refractivity contribution >= 4 is 17.3 Å². The van der Waals surface area contributed by atoms with Crippen molar-refractivity contribution < 1.29 is 4.79 Å². The van der Waals surface area contributed by atoms with Crippen LogP contribution in [0.15, 0.2) is 66.7 Å². The lowest BCUT2D eigenvalue weighted by atomic mass is 9.68. The second-order valence-corrected chi connectivity index (χ2v) is 10.9. The number of aryl methyl sites for hydroxylation is 1. The maximum absolute atomic E-state index is 13.4. The molecule has 0 spiro atoms. The van der Waals surface area contributed by atoms with Gasteiger partial charge in [-0.05, 0) is 96.2 Å². The number of hydrogen-bond donors (Lipinski definition) is 2. The monoisotopic (exact) mass is 450 g/mol. The Bertz CT molecular complexity index is 1230. The van der Waals surface area contributed by atoms with Crippen molar-refractivity contribution in [3.8, 4) is 0 Å². The van der Waals surface area contributed by atoms with Gasteiger partial charge in [-0.25, -0.2) is 0 Å². The Labute approximate surface area is 203 Å². The number of carbonyl (C=O) groups excluding carboxylic acids is 1. The maximum atomic E-state index is 13.4. The third-order valence-electron chi connectivity index (χ3n) is 8.67. The van der Waals surface area contributed by atoms with Crippen molar-refractivity contribution in [3.05, 3.63) is 94.5 Å². The van der Waals surface area contributed by atoms with Gasteiger partial charge in [-0.2, -0.15) is 0 Å². The Morgan fingerprint density at radius 2 is 1.76 bits per heavy atom. The summed E-state index contributed by atoms with van der Waals surface area (Å²) in [6.45, 7) is 6.42. The quantitative estimate of drug-likeness (QED) is 0.428. The van der Waals surface area contributed by atoms with Gasteiger partial charge in [0.1, 0.15) is 0 Å². The number of fused-ring (bicyclic) bond motifs is 7. The summed E-state index contributed by atoms with van der Waals surface area (Å²) in [5, 5.41) is 7.14. The first-order valence-corrected chi connectivity index (χ1v) is 12.9. The molecule has 5 atom stereocenters. The number of para-hydroxylation sites is 1. The van der Waals surface area contributed by atoms with E-state index in [1.807, 2.05) is 6.07 Å². The topological polar surface area (TPSA) is 41.1 Å². The second-order valence-electron chi connectivity index (χ2n) is 10.9. The third-order valence-corrected chi connectivity index (χ3v) is 8.67. The first-order valence-electron chi connectivity index (χ1n) is 12.9. The van der Waals surface area contributed by atoms with Crippen molar-refractivity contribution in [2.45, 2.75) is 57.9 Å². The molecule has 5 unspecified atom stereocenters. The largest absolute Gasteiger partial charge is 0.378 e. The van der Waals surface area contributed by atoms with Crippen LogP contribution in [0.2, 0.25) is 0 Å². The number of anilines is 2. The molecule has 2 aliphatic carbocycles. The maximum Gasteiger partial charge on any atom is 0.255 e. The first-order chi connectivity index (χ1) is 16.5. The molecule has 0 saturated heterocycles. The molecule has 0 radical (unpaired) electrons. The summed E-state index contributed by atoms with van der Waals surface area (Å²) in [5.74, 6) is 3.01. The predicted molar refractivity (Wildman–Crippen MR) is 140 cm³/mol. The van der Waals surface area contributed by atoms with Gasteiger partial charge in [-0.3, -0.25) is 4.79 Å². The lowest BCUT2D eigenvalue weighted by Crippen LogP contribution is -2.35. The Morgan fingerprint density at radius 3 is 2.56 bits per heavy atom. The minimum absolute atomic E-state index is 0.0103. The van der Waals surface area contributed by atoms with Crippen LogP contribution in [-0.4, -0.2) is 5.91 Å². The summed E-state index contributed by atoms with van der Waals surface area (Å²) in [6, 6.07) is 23.9. The van der Waals surface area contributed by atoms with Crippen molar-refractivity contribution in [1.82, 2.24) is 0 Å². The fraction of sp³-hybridized carbons (Fsp3) is 0.387. The van der Waals surface area contributed by atoms with Gasteiger partial charge >= 0.3 is 0 Å². The zero-order valence-corrected chi connectivity index (χ0v) is 20.3. The van der Waals surface area contributed by atoms with E-state index in [4.69, 9.17) is 0 Å². The molecular formula is C31H34N2O. The molecule has 2 bridgehead atoms. The number of benzene rings is 3. The van der Waals surface area contributed by atoms with Crippen LogP contribution >= 0.6 is 0 Å². The molecule has 3 heteroatoms. The van der Waals surface area contributed by atoms with Gasteiger partial charge in [0.05, 0.1) is 6.04 Å².